The molecule has 2 rings (SSSR count). The summed E-state index contributed by atoms with van der Waals surface area (Å²) in [6.45, 7) is 0.448. The lowest BCUT2D eigenvalue weighted by Gasteiger charge is -2.45. The van der Waals surface area contributed by atoms with Crippen LogP contribution in [0.1, 0.15) is 32.1 Å². The number of esters is 1. The van der Waals surface area contributed by atoms with E-state index in [2.05, 4.69) is 15.0 Å². The van der Waals surface area contributed by atoms with Gasteiger partial charge in [0.05, 0.1) is 13.7 Å². The Hall–Kier alpha value is -0.820. The molecule has 4 nitrogen and oxygen atoms in total. The van der Waals surface area contributed by atoms with E-state index in [1.54, 1.807) is 0 Å². The van der Waals surface area contributed by atoms with E-state index in [9.17, 15) is 18.0 Å². The van der Waals surface area contributed by atoms with Crippen molar-refractivity contribution < 1.29 is 22.7 Å². The number of alkyl halides is 3. The third kappa shape index (κ3) is 5.14. The number of ether oxygens (including phenoxy) is 1. The van der Waals surface area contributed by atoms with E-state index in [4.69, 9.17) is 0 Å². The number of likely N-dealkylation sites (tertiary alicyclic amines) is 1. The number of nitrogens with one attached hydrogen (secondary N) is 1. The van der Waals surface area contributed by atoms with E-state index in [0.717, 1.165) is 19.4 Å². The number of piperidine rings is 1. The fourth-order valence-corrected chi connectivity index (χ4v) is 3.17. The Labute approximate surface area is 123 Å². The second kappa shape index (κ2) is 6.96. The van der Waals surface area contributed by atoms with E-state index in [1.165, 1.54) is 13.5 Å². The second-order valence-electron chi connectivity index (χ2n) is 6.11. The molecule has 1 saturated carbocycles. The van der Waals surface area contributed by atoms with Crippen molar-refractivity contribution in [2.45, 2.75) is 50.4 Å². The van der Waals surface area contributed by atoms with Gasteiger partial charge in [0.25, 0.3) is 0 Å². The topological polar surface area (TPSA) is 41.6 Å². The van der Waals surface area contributed by atoms with Crippen LogP contribution in [-0.2, 0) is 9.53 Å². The number of methoxy groups -OCH3 is 1. The molecule has 0 aromatic heterocycles. The molecule has 7 heteroatoms. The largest absolute Gasteiger partial charge is 0.469 e. The van der Waals surface area contributed by atoms with Crippen LogP contribution in [-0.4, -0.2) is 55.9 Å². The molecule has 0 radical (unpaired) electrons. The molecule has 21 heavy (non-hydrogen) atoms. The minimum absolute atomic E-state index is 0.0672. The normalized spacial score (nSPS) is 28.2. The molecular weight excluding hydrogens is 285 g/mol. The Morgan fingerprint density at radius 2 is 2.05 bits per heavy atom. The summed E-state index contributed by atoms with van der Waals surface area (Å²) in [7, 11) is 1.34. The quantitative estimate of drug-likeness (QED) is 0.788. The zero-order valence-electron chi connectivity index (χ0n) is 12.3. The van der Waals surface area contributed by atoms with Gasteiger partial charge < -0.3 is 10.1 Å². The van der Waals surface area contributed by atoms with Crippen LogP contribution in [0.25, 0.3) is 0 Å². The van der Waals surface area contributed by atoms with Gasteiger partial charge in [0.1, 0.15) is 0 Å². The maximum atomic E-state index is 12.4. The lowest BCUT2D eigenvalue weighted by molar-refractivity contribution is -0.143. The molecular formula is C14H23F3N2O2. The molecule has 2 atom stereocenters. The number of nitrogens with zero attached hydrogens (tertiary/aromatic N) is 1. The van der Waals surface area contributed by atoms with Crippen LogP contribution >= 0.6 is 0 Å². The Balaban J connectivity index is 1.90. The summed E-state index contributed by atoms with van der Waals surface area (Å²) in [4.78, 5) is 13.7. The lowest BCUT2D eigenvalue weighted by Crippen LogP contribution is -2.55. The van der Waals surface area contributed by atoms with Crippen molar-refractivity contribution >= 4 is 5.97 Å². The monoisotopic (exact) mass is 308 g/mol. The van der Waals surface area contributed by atoms with Crippen molar-refractivity contribution in [2.75, 3.05) is 26.7 Å². The maximum Gasteiger partial charge on any atom is 0.401 e. The minimum atomic E-state index is -4.20. The van der Waals surface area contributed by atoms with Crippen molar-refractivity contribution in [3.8, 4) is 0 Å². The predicted molar refractivity (Wildman–Crippen MR) is 71.8 cm³/mol. The third-order valence-corrected chi connectivity index (χ3v) is 4.43. The number of carbonyl (C=O) groups excluding carboxylic acids is 1. The number of carbonyl (C=O) groups is 1. The molecule has 1 aliphatic carbocycles. The zero-order valence-corrected chi connectivity index (χ0v) is 12.3. The highest BCUT2D eigenvalue weighted by molar-refractivity contribution is 5.69. The Morgan fingerprint density at radius 1 is 1.33 bits per heavy atom. The van der Waals surface area contributed by atoms with Crippen LogP contribution in [0.5, 0.6) is 0 Å². The molecule has 2 unspecified atom stereocenters. The van der Waals surface area contributed by atoms with Crippen LogP contribution in [0.2, 0.25) is 0 Å². The van der Waals surface area contributed by atoms with Crippen LogP contribution < -0.4 is 5.32 Å². The van der Waals surface area contributed by atoms with E-state index in [1.807, 2.05) is 0 Å². The van der Waals surface area contributed by atoms with Crippen molar-refractivity contribution in [3.05, 3.63) is 0 Å². The number of rotatable bonds is 5. The standard InChI is InChI=1S/C14H23F3N2O2/c1-21-13(20)6-10-5-11(18-9-14(15,16)17)8-19(7-10)12-3-2-4-12/h10-12,18H,2-9H2,1H3. The van der Waals surface area contributed by atoms with Gasteiger partial charge in [-0.05, 0) is 25.2 Å². The molecule has 1 N–H and O–H groups in total. The minimum Gasteiger partial charge on any atom is -0.469 e. The van der Waals surface area contributed by atoms with Crippen molar-refractivity contribution in [1.82, 2.24) is 10.2 Å². The third-order valence-electron chi connectivity index (χ3n) is 4.43. The Morgan fingerprint density at radius 3 is 2.57 bits per heavy atom. The van der Waals surface area contributed by atoms with Gasteiger partial charge in [-0.25, -0.2) is 0 Å². The first-order valence-electron chi connectivity index (χ1n) is 7.48. The average Bonchev–Trinajstić information content (AvgIpc) is 2.33. The van der Waals surface area contributed by atoms with E-state index < -0.39 is 12.7 Å². The van der Waals surface area contributed by atoms with E-state index in [-0.39, 0.29) is 24.3 Å². The molecule has 1 heterocycles. The molecule has 0 aromatic rings. The summed E-state index contributed by atoms with van der Waals surface area (Å²) in [5.74, 6) is -0.220. The smallest absolute Gasteiger partial charge is 0.401 e. The van der Waals surface area contributed by atoms with Gasteiger partial charge >= 0.3 is 12.1 Å². The first kappa shape index (κ1) is 16.5. The predicted octanol–water partition coefficient (Wildman–Crippen LogP) is 1.94. The second-order valence-corrected chi connectivity index (χ2v) is 6.11. The number of hydrogen-bond donors (Lipinski definition) is 1. The molecule has 2 aliphatic rings. The van der Waals surface area contributed by atoms with Crippen LogP contribution in [0.4, 0.5) is 13.2 Å². The van der Waals surface area contributed by atoms with Gasteiger partial charge in [0.2, 0.25) is 0 Å². The molecule has 2 fully saturated rings. The number of hydrogen-bond acceptors (Lipinski definition) is 4. The summed E-state index contributed by atoms with van der Waals surface area (Å²) in [6, 6.07) is 0.260. The van der Waals surface area contributed by atoms with Crippen LogP contribution in [0, 0.1) is 5.92 Å². The zero-order chi connectivity index (χ0) is 15.5. The molecule has 0 aromatic carbocycles. The number of halogens is 3. The fourth-order valence-electron chi connectivity index (χ4n) is 3.17. The van der Waals surface area contributed by atoms with Gasteiger partial charge in [0, 0.05) is 31.6 Å². The van der Waals surface area contributed by atoms with Gasteiger partial charge in [-0.1, -0.05) is 6.42 Å². The SMILES string of the molecule is COC(=O)CC1CC(NCC(F)(F)F)CN(C2CCC2)C1. The summed E-state index contributed by atoms with van der Waals surface area (Å²) >= 11 is 0. The molecule has 0 bridgehead atoms. The van der Waals surface area contributed by atoms with Crippen molar-refractivity contribution in [1.29, 1.82) is 0 Å². The Bertz CT molecular complexity index is 359. The summed E-state index contributed by atoms with van der Waals surface area (Å²) in [6.07, 6.45) is 0.0757. The molecule has 1 saturated heterocycles. The summed E-state index contributed by atoms with van der Waals surface area (Å²) < 4.78 is 41.7. The molecule has 0 amide bonds. The fraction of sp³-hybridized carbons (Fsp3) is 0.929. The van der Waals surface area contributed by atoms with Crippen molar-refractivity contribution in [2.24, 2.45) is 5.92 Å². The highest BCUT2D eigenvalue weighted by Gasteiger charge is 2.36. The average molecular weight is 308 g/mol. The highest BCUT2D eigenvalue weighted by atomic mass is 19.4. The van der Waals surface area contributed by atoms with Gasteiger partial charge in [-0.15, -0.1) is 0 Å². The van der Waals surface area contributed by atoms with Gasteiger partial charge in [-0.2, -0.15) is 13.2 Å². The highest BCUT2D eigenvalue weighted by Crippen LogP contribution is 2.30. The first-order chi connectivity index (χ1) is 9.87. The lowest BCUT2D eigenvalue weighted by atomic mass is 9.85. The van der Waals surface area contributed by atoms with E-state index in [0.29, 0.717) is 19.0 Å². The first-order valence-corrected chi connectivity index (χ1v) is 7.48. The Kier molecular flexibility index (Phi) is 5.48. The van der Waals surface area contributed by atoms with Gasteiger partial charge in [-0.3, -0.25) is 9.69 Å². The van der Waals surface area contributed by atoms with Crippen molar-refractivity contribution in [3.63, 3.8) is 0 Å². The maximum absolute atomic E-state index is 12.4. The molecule has 122 valence electrons. The summed E-state index contributed by atoms with van der Waals surface area (Å²) in [5.41, 5.74) is 0. The van der Waals surface area contributed by atoms with Gasteiger partial charge in [0.15, 0.2) is 0 Å². The summed E-state index contributed by atoms with van der Waals surface area (Å²) in [5, 5.41) is 2.60. The molecule has 1 aliphatic heterocycles. The van der Waals surface area contributed by atoms with Crippen LogP contribution in [0.15, 0.2) is 0 Å². The van der Waals surface area contributed by atoms with Crippen LogP contribution in [0.3, 0.4) is 0 Å². The van der Waals surface area contributed by atoms with E-state index >= 15 is 0 Å². The molecule has 0 spiro atoms.